The number of likely N-dealkylation sites (N-methyl/N-ethyl adjacent to an activating group) is 1. The highest BCUT2D eigenvalue weighted by atomic mass is 19.4. The van der Waals surface area contributed by atoms with E-state index in [1.54, 1.807) is 0 Å². The number of anilines is 2. The Balaban J connectivity index is 2.84. The van der Waals surface area contributed by atoms with Crippen molar-refractivity contribution in [3.8, 4) is 0 Å². The van der Waals surface area contributed by atoms with Crippen LogP contribution < -0.4 is 11.1 Å². The van der Waals surface area contributed by atoms with Crippen molar-refractivity contribution in [2.75, 3.05) is 31.7 Å². The lowest BCUT2D eigenvalue weighted by molar-refractivity contribution is -0.137. The van der Waals surface area contributed by atoms with Gasteiger partial charge in [0.1, 0.15) is 11.6 Å². The summed E-state index contributed by atoms with van der Waals surface area (Å²) in [4.78, 5) is 16.2. The van der Waals surface area contributed by atoms with E-state index in [1.165, 1.54) is 19.0 Å². The molecule has 0 atom stereocenters. The van der Waals surface area contributed by atoms with Gasteiger partial charge in [-0.05, 0) is 12.1 Å². The minimum Gasteiger partial charge on any atom is -0.384 e. The number of hydrogen-bond donors (Lipinski definition) is 2. The molecule has 0 fully saturated rings. The second-order valence-electron chi connectivity index (χ2n) is 3.81. The minimum absolute atomic E-state index is 0.0856. The van der Waals surface area contributed by atoms with Gasteiger partial charge in [-0.3, -0.25) is 4.79 Å². The molecule has 5 nitrogen and oxygen atoms in total. The molecule has 0 aliphatic heterocycles. The van der Waals surface area contributed by atoms with Gasteiger partial charge in [-0.15, -0.1) is 0 Å². The maximum absolute atomic E-state index is 12.5. The van der Waals surface area contributed by atoms with E-state index < -0.39 is 11.7 Å². The molecule has 0 unspecified atom stereocenters. The lowest BCUT2D eigenvalue weighted by atomic mass is 10.2. The number of nitrogen functional groups attached to an aromatic ring is 1. The first kappa shape index (κ1) is 14.1. The summed E-state index contributed by atoms with van der Waals surface area (Å²) >= 11 is 0. The van der Waals surface area contributed by atoms with Crippen LogP contribution in [0.2, 0.25) is 0 Å². The molecular formula is C10H13F3N4O. The van der Waals surface area contributed by atoms with Crippen LogP contribution in [-0.4, -0.2) is 36.4 Å². The number of amides is 1. The summed E-state index contributed by atoms with van der Waals surface area (Å²) in [5.74, 6) is -0.630. The molecule has 18 heavy (non-hydrogen) atoms. The highest BCUT2D eigenvalue weighted by Gasteiger charge is 2.31. The third-order valence-corrected chi connectivity index (χ3v) is 2.09. The molecule has 0 saturated carbocycles. The molecule has 1 aromatic rings. The number of nitrogens with two attached hydrogens (primary N) is 1. The molecule has 0 saturated heterocycles. The summed E-state index contributed by atoms with van der Waals surface area (Å²) in [6, 6.07) is 1.54. The average molecular weight is 262 g/mol. The van der Waals surface area contributed by atoms with Crippen LogP contribution >= 0.6 is 0 Å². The number of aromatic nitrogens is 1. The number of halogens is 3. The molecule has 0 aliphatic carbocycles. The Morgan fingerprint density at radius 1 is 1.44 bits per heavy atom. The van der Waals surface area contributed by atoms with Crippen molar-refractivity contribution < 1.29 is 18.0 Å². The zero-order valence-corrected chi connectivity index (χ0v) is 9.88. The molecule has 8 heteroatoms. The minimum atomic E-state index is -4.50. The molecule has 1 rings (SSSR count). The van der Waals surface area contributed by atoms with Crippen LogP contribution in [0.5, 0.6) is 0 Å². The van der Waals surface area contributed by atoms with Gasteiger partial charge < -0.3 is 16.0 Å². The first-order chi connectivity index (χ1) is 8.20. The SMILES string of the molecule is CN(C)C(=O)CNc1cc(C(F)(F)F)cc(N)n1. The van der Waals surface area contributed by atoms with E-state index in [0.717, 1.165) is 12.1 Å². The van der Waals surface area contributed by atoms with Gasteiger partial charge >= 0.3 is 6.18 Å². The van der Waals surface area contributed by atoms with Gasteiger partial charge in [0, 0.05) is 14.1 Å². The van der Waals surface area contributed by atoms with Crippen molar-refractivity contribution in [3.63, 3.8) is 0 Å². The number of hydrogen-bond acceptors (Lipinski definition) is 4. The van der Waals surface area contributed by atoms with E-state index in [4.69, 9.17) is 5.73 Å². The van der Waals surface area contributed by atoms with Gasteiger partial charge in [0.15, 0.2) is 0 Å². The number of alkyl halides is 3. The van der Waals surface area contributed by atoms with Gasteiger partial charge in [-0.25, -0.2) is 4.98 Å². The highest BCUT2D eigenvalue weighted by Crippen LogP contribution is 2.31. The smallest absolute Gasteiger partial charge is 0.384 e. The third kappa shape index (κ3) is 3.79. The molecule has 0 spiro atoms. The first-order valence-electron chi connectivity index (χ1n) is 4.99. The summed E-state index contributed by atoms with van der Waals surface area (Å²) in [7, 11) is 3.08. The van der Waals surface area contributed by atoms with Gasteiger partial charge in [0.2, 0.25) is 5.91 Å². The summed E-state index contributed by atoms with van der Waals surface area (Å²) in [5, 5.41) is 2.50. The van der Waals surface area contributed by atoms with Gasteiger partial charge in [-0.2, -0.15) is 13.2 Å². The number of nitrogens with zero attached hydrogens (tertiary/aromatic N) is 2. The van der Waals surface area contributed by atoms with Crippen LogP contribution in [0.1, 0.15) is 5.56 Å². The normalized spacial score (nSPS) is 11.2. The zero-order chi connectivity index (χ0) is 13.9. The predicted molar refractivity (Wildman–Crippen MR) is 60.8 cm³/mol. The summed E-state index contributed by atoms with van der Waals surface area (Å²) in [6.07, 6.45) is -4.50. The largest absolute Gasteiger partial charge is 0.416 e. The lowest BCUT2D eigenvalue weighted by Crippen LogP contribution is -2.29. The number of carbonyl (C=O) groups excluding carboxylic acids is 1. The topological polar surface area (TPSA) is 71.2 Å². The fraction of sp³-hybridized carbons (Fsp3) is 0.400. The predicted octanol–water partition coefficient (Wildman–Crippen LogP) is 1.18. The molecule has 1 aromatic heterocycles. The van der Waals surface area contributed by atoms with Crippen molar-refractivity contribution in [1.29, 1.82) is 0 Å². The van der Waals surface area contributed by atoms with Crippen molar-refractivity contribution in [2.45, 2.75) is 6.18 Å². The van der Waals surface area contributed by atoms with Gasteiger partial charge in [-0.1, -0.05) is 0 Å². The average Bonchev–Trinajstić information content (AvgIpc) is 2.23. The number of pyridine rings is 1. The molecular weight excluding hydrogens is 249 g/mol. The first-order valence-corrected chi connectivity index (χ1v) is 4.99. The molecule has 1 amide bonds. The molecule has 0 radical (unpaired) electrons. The maximum Gasteiger partial charge on any atom is 0.416 e. The summed E-state index contributed by atoms with van der Waals surface area (Å²) in [5.41, 5.74) is 4.37. The van der Waals surface area contributed by atoms with E-state index in [0.29, 0.717) is 0 Å². The van der Waals surface area contributed by atoms with E-state index in [2.05, 4.69) is 10.3 Å². The molecule has 0 aliphatic rings. The Labute approximate surface area is 102 Å². The fourth-order valence-corrected chi connectivity index (χ4v) is 1.13. The van der Waals surface area contributed by atoms with Crippen molar-refractivity contribution in [1.82, 2.24) is 9.88 Å². The highest BCUT2D eigenvalue weighted by molar-refractivity contribution is 5.80. The molecule has 0 aromatic carbocycles. The van der Waals surface area contributed by atoms with Crippen molar-refractivity contribution in [3.05, 3.63) is 17.7 Å². The standard InChI is InChI=1S/C10H13F3N4O/c1-17(2)9(18)5-15-8-4-6(10(11,12)13)3-7(14)16-8/h3-4H,5H2,1-2H3,(H3,14,15,16). The number of nitrogens with one attached hydrogen (secondary N) is 1. The number of carbonyl (C=O) groups is 1. The Bertz CT molecular complexity index is 445. The zero-order valence-electron chi connectivity index (χ0n) is 9.88. The van der Waals surface area contributed by atoms with Crippen LogP contribution in [0.4, 0.5) is 24.8 Å². The van der Waals surface area contributed by atoms with Crippen molar-refractivity contribution >= 4 is 17.5 Å². The lowest BCUT2D eigenvalue weighted by Gasteiger charge is -2.13. The van der Waals surface area contributed by atoms with Gasteiger partial charge in [0.25, 0.3) is 0 Å². The van der Waals surface area contributed by atoms with E-state index >= 15 is 0 Å². The Morgan fingerprint density at radius 3 is 2.56 bits per heavy atom. The summed E-state index contributed by atoms with van der Waals surface area (Å²) in [6.45, 7) is -0.152. The summed E-state index contributed by atoms with van der Waals surface area (Å²) < 4.78 is 37.5. The van der Waals surface area contributed by atoms with Crippen LogP contribution in [0.25, 0.3) is 0 Å². The van der Waals surface area contributed by atoms with Gasteiger partial charge in [0.05, 0.1) is 12.1 Å². The second-order valence-corrected chi connectivity index (χ2v) is 3.81. The van der Waals surface area contributed by atoms with Crippen LogP contribution in [0.3, 0.4) is 0 Å². The van der Waals surface area contributed by atoms with E-state index in [-0.39, 0.29) is 24.1 Å². The molecule has 1 heterocycles. The van der Waals surface area contributed by atoms with E-state index in [9.17, 15) is 18.0 Å². The van der Waals surface area contributed by atoms with Crippen LogP contribution in [0, 0.1) is 0 Å². The van der Waals surface area contributed by atoms with Crippen LogP contribution in [-0.2, 0) is 11.0 Å². The maximum atomic E-state index is 12.5. The van der Waals surface area contributed by atoms with E-state index in [1.807, 2.05) is 0 Å². The Kier molecular flexibility index (Phi) is 4.00. The molecule has 100 valence electrons. The third-order valence-electron chi connectivity index (χ3n) is 2.09. The monoisotopic (exact) mass is 262 g/mol. The molecule has 0 bridgehead atoms. The Hall–Kier alpha value is -1.99. The van der Waals surface area contributed by atoms with Crippen LogP contribution in [0.15, 0.2) is 12.1 Å². The fourth-order valence-electron chi connectivity index (χ4n) is 1.13. The van der Waals surface area contributed by atoms with Crippen molar-refractivity contribution in [2.24, 2.45) is 0 Å². The Morgan fingerprint density at radius 2 is 2.06 bits per heavy atom. The molecule has 3 N–H and O–H groups in total. The second kappa shape index (κ2) is 5.11. The quantitative estimate of drug-likeness (QED) is 0.858. The number of rotatable bonds is 3.